The van der Waals surface area contributed by atoms with Crippen LogP contribution in [0.2, 0.25) is 0 Å². The maximum Gasteiger partial charge on any atom is 0.387 e. The van der Waals surface area contributed by atoms with Gasteiger partial charge in [-0.25, -0.2) is 4.39 Å². The summed E-state index contributed by atoms with van der Waals surface area (Å²) in [6.07, 6.45) is 0. The minimum absolute atomic E-state index is 0.177. The number of nitrogens with one attached hydrogen (secondary N) is 1. The highest BCUT2D eigenvalue weighted by molar-refractivity contribution is 5.29. The molecule has 0 saturated heterocycles. The van der Waals surface area contributed by atoms with Crippen LogP contribution in [0.3, 0.4) is 0 Å². The number of ether oxygens (including phenoxy) is 1. The number of hydrogen-bond donors (Lipinski definition) is 2. The van der Waals surface area contributed by atoms with Crippen molar-refractivity contribution in [1.82, 2.24) is 5.32 Å². The van der Waals surface area contributed by atoms with E-state index in [1.165, 1.54) is 6.07 Å². The van der Waals surface area contributed by atoms with Crippen molar-refractivity contribution in [3.63, 3.8) is 0 Å². The molecule has 0 aliphatic rings. The molecule has 23 heavy (non-hydrogen) atoms. The summed E-state index contributed by atoms with van der Waals surface area (Å²) in [4.78, 5) is 0. The van der Waals surface area contributed by atoms with Crippen molar-refractivity contribution >= 4 is 0 Å². The Morgan fingerprint density at radius 1 is 1.30 bits per heavy atom. The molecule has 1 aromatic carbocycles. The van der Waals surface area contributed by atoms with Gasteiger partial charge in [-0.3, -0.25) is 0 Å². The number of rotatable bonds is 7. The number of aryl methyl sites for hydroxylation is 1. The van der Waals surface area contributed by atoms with Crippen molar-refractivity contribution in [2.24, 2.45) is 0 Å². The summed E-state index contributed by atoms with van der Waals surface area (Å²) in [5.41, 5.74) is -0.679. The predicted molar refractivity (Wildman–Crippen MR) is 77.8 cm³/mol. The van der Waals surface area contributed by atoms with Crippen LogP contribution in [-0.2, 0) is 12.1 Å². The van der Waals surface area contributed by atoms with Crippen molar-refractivity contribution in [3.8, 4) is 5.75 Å². The Balaban J connectivity index is 1.92. The molecule has 0 amide bonds. The van der Waals surface area contributed by atoms with Crippen LogP contribution < -0.4 is 10.1 Å². The number of alkyl halides is 2. The number of furan rings is 1. The lowest BCUT2D eigenvalue weighted by Gasteiger charge is -2.21. The smallest absolute Gasteiger partial charge is 0.387 e. The van der Waals surface area contributed by atoms with Crippen LogP contribution in [-0.4, -0.2) is 18.3 Å². The molecule has 0 bridgehead atoms. The number of aliphatic hydroxyl groups is 1. The number of benzene rings is 1. The molecule has 1 aromatic heterocycles. The molecule has 0 fully saturated rings. The lowest BCUT2D eigenvalue weighted by atomic mass is 10.0. The van der Waals surface area contributed by atoms with Gasteiger partial charge in [0.2, 0.25) is 0 Å². The normalized spacial score (nSPS) is 14.0. The van der Waals surface area contributed by atoms with Gasteiger partial charge in [0.15, 0.2) is 11.6 Å². The van der Waals surface area contributed by atoms with Gasteiger partial charge in [0.1, 0.15) is 17.1 Å². The molecule has 0 aliphatic carbocycles. The van der Waals surface area contributed by atoms with Crippen LogP contribution in [0.15, 0.2) is 34.7 Å². The molecule has 4 nitrogen and oxygen atoms in total. The third-order valence-corrected chi connectivity index (χ3v) is 3.28. The van der Waals surface area contributed by atoms with Crippen LogP contribution in [0, 0.1) is 12.7 Å². The van der Waals surface area contributed by atoms with E-state index in [9.17, 15) is 18.3 Å². The zero-order chi connectivity index (χ0) is 17.0. The molecule has 2 N–H and O–H groups in total. The molecule has 7 heteroatoms. The molecule has 2 rings (SSSR count). The Morgan fingerprint density at radius 2 is 2.04 bits per heavy atom. The minimum atomic E-state index is -3.07. The molecule has 0 radical (unpaired) electrons. The van der Waals surface area contributed by atoms with Gasteiger partial charge in [-0.15, -0.1) is 0 Å². The highest BCUT2D eigenvalue weighted by Gasteiger charge is 2.26. The number of halogens is 3. The van der Waals surface area contributed by atoms with Crippen molar-refractivity contribution in [1.29, 1.82) is 0 Å². The van der Waals surface area contributed by atoms with Gasteiger partial charge in [-0.2, -0.15) is 8.78 Å². The zero-order valence-electron chi connectivity index (χ0n) is 12.8. The maximum absolute atomic E-state index is 13.6. The monoisotopic (exact) mass is 329 g/mol. The zero-order valence-corrected chi connectivity index (χ0v) is 12.8. The van der Waals surface area contributed by atoms with Crippen molar-refractivity contribution < 1.29 is 27.4 Å². The second-order valence-corrected chi connectivity index (χ2v) is 5.43. The van der Waals surface area contributed by atoms with E-state index in [0.29, 0.717) is 17.1 Å². The molecule has 0 aliphatic heterocycles. The van der Waals surface area contributed by atoms with Gasteiger partial charge in [0, 0.05) is 13.1 Å². The Morgan fingerprint density at radius 3 is 2.61 bits per heavy atom. The van der Waals surface area contributed by atoms with E-state index < -0.39 is 23.8 Å². The van der Waals surface area contributed by atoms with E-state index in [1.807, 2.05) is 0 Å². The van der Waals surface area contributed by atoms with Crippen molar-refractivity contribution in [2.45, 2.75) is 32.6 Å². The standard InChI is InChI=1S/C16H18F3NO3/c1-10-3-6-14(22-10)16(2,21)9-20-8-11-4-5-13(12(17)7-11)23-15(18)19/h3-7,15,20-21H,8-9H2,1-2H3. The highest BCUT2D eigenvalue weighted by atomic mass is 19.3. The molecule has 0 spiro atoms. The lowest BCUT2D eigenvalue weighted by molar-refractivity contribution is -0.0522. The van der Waals surface area contributed by atoms with E-state index in [1.54, 1.807) is 26.0 Å². The van der Waals surface area contributed by atoms with E-state index in [4.69, 9.17) is 4.42 Å². The lowest BCUT2D eigenvalue weighted by Crippen LogP contribution is -2.34. The van der Waals surface area contributed by atoms with E-state index in [-0.39, 0.29) is 13.1 Å². The third-order valence-electron chi connectivity index (χ3n) is 3.28. The summed E-state index contributed by atoms with van der Waals surface area (Å²) in [7, 11) is 0. The van der Waals surface area contributed by atoms with Crippen LogP contribution >= 0.6 is 0 Å². The summed E-state index contributed by atoms with van der Waals surface area (Å²) in [5, 5.41) is 13.3. The summed E-state index contributed by atoms with van der Waals surface area (Å²) < 4.78 is 47.1. The summed E-state index contributed by atoms with van der Waals surface area (Å²) >= 11 is 0. The SMILES string of the molecule is Cc1ccc(C(C)(O)CNCc2ccc(OC(F)F)c(F)c2)o1. The van der Waals surface area contributed by atoms with Crippen LogP contribution in [0.4, 0.5) is 13.2 Å². The average Bonchev–Trinajstić information content (AvgIpc) is 2.89. The van der Waals surface area contributed by atoms with E-state index in [2.05, 4.69) is 10.1 Å². The predicted octanol–water partition coefficient (Wildman–Crippen LogP) is 3.33. The molecule has 126 valence electrons. The van der Waals surface area contributed by atoms with E-state index in [0.717, 1.165) is 12.1 Å². The number of hydrogen-bond acceptors (Lipinski definition) is 4. The second kappa shape index (κ2) is 7.06. The van der Waals surface area contributed by atoms with Crippen molar-refractivity contribution in [2.75, 3.05) is 6.54 Å². The quantitative estimate of drug-likeness (QED) is 0.818. The summed E-state index contributed by atoms with van der Waals surface area (Å²) in [6, 6.07) is 7.16. The molecule has 1 atom stereocenters. The maximum atomic E-state index is 13.6. The fraction of sp³-hybridized carbons (Fsp3) is 0.375. The summed E-state index contributed by atoms with van der Waals surface area (Å²) in [6.45, 7) is 0.732. The Hall–Kier alpha value is -1.99. The molecule has 0 saturated carbocycles. The fourth-order valence-electron chi connectivity index (χ4n) is 2.11. The Kier molecular flexibility index (Phi) is 5.33. The topological polar surface area (TPSA) is 54.6 Å². The second-order valence-electron chi connectivity index (χ2n) is 5.43. The van der Waals surface area contributed by atoms with Gasteiger partial charge < -0.3 is 19.6 Å². The molecule has 2 aromatic rings. The largest absolute Gasteiger partial charge is 0.463 e. The first kappa shape index (κ1) is 17.4. The molecular formula is C16H18F3NO3. The first-order valence-electron chi connectivity index (χ1n) is 7.01. The first-order valence-corrected chi connectivity index (χ1v) is 7.01. The van der Waals surface area contributed by atoms with Gasteiger partial charge in [0.05, 0.1) is 0 Å². The molecular weight excluding hydrogens is 311 g/mol. The molecule has 1 heterocycles. The Labute approximate surface area is 131 Å². The summed E-state index contributed by atoms with van der Waals surface area (Å²) in [5.74, 6) is -0.244. The Bertz CT molecular complexity index is 656. The average molecular weight is 329 g/mol. The van der Waals surface area contributed by atoms with Gasteiger partial charge in [-0.05, 0) is 43.7 Å². The van der Waals surface area contributed by atoms with Crippen LogP contribution in [0.1, 0.15) is 24.0 Å². The minimum Gasteiger partial charge on any atom is -0.463 e. The van der Waals surface area contributed by atoms with Gasteiger partial charge in [0.25, 0.3) is 0 Å². The highest BCUT2D eigenvalue weighted by Crippen LogP contribution is 2.23. The van der Waals surface area contributed by atoms with Gasteiger partial charge in [-0.1, -0.05) is 6.07 Å². The van der Waals surface area contributed by atoms with Crippen LogP contribution in [0.25, 0.3) is 0 Å². The first-order chi connectivity index (χ1) is 10.8. The van der Waals surface area contributed by atoms with Crippen LogP contribution in [0.5, 0.6) is 5.75 Å². The van der Waals surface area contributed by atoms with E-state index >= 15 is 0 Å². The van der Waals surface area contributed by atoms with Gasteiger partial charge >= 0.3 is 6.61 Å². The third kappa shape index (κ3) is 4.74. The fourth-order valence-corrected chi connectivity index (χ4v) is 2.11. The molecule has 1 unspecified atom stereocenters. The van der Waals surface area contributed by atoms with Crippen molar-refractivity contribution in [3.05, 3.63) is 53.2 Å².